The molecule has 0 fully saturated rings. The highest BCUT2D eigenvalue weighted by atomic mass is 35.5. The van der Waals surface area contributed by atoms with E-state index in [1.54, 1.807) is 31.2 Å². The third-order valence-electron chi connectivity index (χ3n) is 2.44. The van der Waals surface area contributed by atoms with Crippen LogP contribution in [-0.4, -0.2) is 19.9 Å². The lowest BCUT2D eigenvalue weighted by Crippen LogP contribution is -2.30. The summed E-state index contributed by atoms with van der Waals surface area (Å²) in [6.07, 6.45) is 1.19. The number of nitrogens with two attached hydrogens (primary N) is 1. The van der Waals surface area contributed by atoms with Crippen molar-refractivity contribution in [3.63, 3.8) is 0 Å². The zero-order chi connectivity index (χ0) is 11.6. The highest BCUT2D eigenvalue weighted by Gasteiger charge is 2.23. The molecule has 2 N–H and O–H groups in total. The Labute approximate surface area is 95.2 Å². The summed E-state index contributed by atoms with van der Waals surface area (Å²) < 4.78 is 22.6. The first kappa shape index (κ1) is 12.5. The molecule has 1 aromatic carbocycles. The van der Waals surface area contributed by atoms with Crippen LogP contribution in [0, 0.1) is 0 Å². The van der Waals surface area contributed by atoms with Crippen molar-refractivity contribution in [2.45, 2.75) is 18.2 Å². The van der Waals surface area contributed by atoms with Crippen LogP contribution in [0.2, 0.25) is 5.02 Å². The summed E-state index contributed by atoms with van der Waals surface area (Å²) in [7, 11) is -3.12. The zero-order valence-electron chi connectivity index (χ0n) is 8.64. The van der Waals surface area contributed by atoms with Gasteiger partial charge in [-0.2, -0.15) is 0 Å². The molecule has 0 spiro atoms. The lowest BCUT2D eigenvalue weighted by atomic mass is 10.1. The van der Waals surface area contributed by atoms with Crippen LogP contribution in [0.4, 0.5) is 0 Å². The Kier molecular flexibility index (Phi) is 3.76. The molecule has 84 valence electrons. The molecule has 1 aromatic rings. The quantitative estimate of drug-likeness (QED) is 0.886. The molecule has 2 atom stereocenters. The predicted molar refractivity (Wildman–Crippen MR) is 62.7 cm³/mol. The highest BCUT2D eigenvalue weighted by molar-refractivity contribution is 7.91. The highest BCUT2D eigenvalue weighted by Crippen LogP contribution is 2.20. The Balaban J connectivity index is 2.95. The molecule has 5 heteroatoms. The minimum absolute atomic E-state index is 0.516. The standard InChI is InChI=1S/C10H14ClNO2S/c1-7(15(2,13)14)10(12)8-3-5-9(11)6-4-8/h3-7,10H,12H2,1-2H3/t7-,10+/m0/s1. The van der Waals surface area contributed by atoms with Gasteiger partial charge in [0.15, 0.2) is 9.84 Å². The number of benzene rings is 1. The van der Waals surface area contributed by atoms with Gasteiger partial charge in [0, 0.05) is 17.3 Å². The van der Waals surface area contributed by atoms with Crippen molar-refractivity contribution in [2.75, 3.05) is 6.26 Å². The maximum atomic E-state index is 11.3. The van der Waals surface area contributed by atoms with Crippen LogP contribution in [0.25, 0.3) is 0 Å². The molecule has 0 radical (unpaired) electrons. The van der Waals surface area contributed by atoms with Crippen molar-refractivity contribution in [1.29, 1.82) is 0 Å². The van der Waals surface area contributed by atoms with E-state index in [9.17, 15) is 8.42 Å². The molecule has 0 unspecified atom stereocenters. The van der Waals surface area contributed by atoms with Gasteiger partial charge in [-0.25, -0.2) is 8.42 Å². The predicted octanol–water partition coefficient (Wildman–Crippen LogP) is 1.77. The fourth-order valence-electron chi connectivity index (χ4n) is 1.22. The minimum atomic E-state index is -3.12. The molecular formula is C10H14ClNO2S. The van der Waals surface area contributed by atoms with E-state index in [1.165, 1.54) is 6.26 Å². The number of hydrogen-bond donors (Lipinski definition) is 1. The first-order valence-corrected chi connectivity index (χ1v) is 6.85. The van der Waals surface area contributed by atoms with E-state index in [2.05, 4.69) is 0 Å². The molecule has 15 heavy (non-hydrogen) atoms. The second-order valence-corrected chi connectivity index (χ2v) is 6.45. The molecule has 0 heterocycles. The maximum absolute atomic E-state index is 11.3. The van der Waals surface area contributed by atoms with Gasteiger partial charge < -0.3 is 5.73 Å². The molecule has 0 saturated carbocycles. The van der Waals surface area contributed by atoms with Crippen LogP contribution in [0.15, 0.2) is 24.3 Å². The van der Waals surface area contributed by atoms with Crippen LogP contribution in [0.1, 0.15) is 18.5 Å². The second-order valence-electron chi connectivity index (χ2n) is 3.61. The Morgan fingerprint density at radius 1 is 1.27 bits per heavy atom. The van der Waals surface area contributed by atoms with E-state index < -0.39 is 21.1 Å². The van der Waals surface area contributed by atoms with Crippen molar-refractivity contribution in [3.05, 3.63) is 34.9 Å². The van der Waals surface area contributed by atoms with Crippen molar-refractivity contribution < 1.29 is 8.42 Å². The zero-order valence-corrected chi connectivity index (χ0v) is 10.2. The van der Waals surface area contributed by atoms with Gasteiger partial charge in [-0.15, -0.1) is 0 Å². The Morgan fingerprint density at radius 2 is 1.73 bits per heavy atom. The van der Waals surface area contributed by atoms with Gasteiger partial charge in [0.1, 0.15) is 0 Å². The maximum Gasteiger partial charge on any atom is 0.151 e. The van der Waals surface area contributed by atoms with Crippen LogP contribution in [-0.2, 0) is 9.84 Å². The smallest absolute Gasteiger partial charge is 0.151 e. The first-order chi connectivity index (χ1) is 6.82. The van der Waals surface area contributed by atoms with Gasteiger partial charge in [0.25, 0.3) is 0 Å². The number of sulfone groups is 1. The van der Waals surface area contributed by atoms with Crippen LogP contribution in [0.5, 0.6) is 0 Å². The molecule has 0 aliphatic carbocycles. The second kappa shape index (κ2) is 4.51. The van der Waals surface area contributed by atoms with E-state index in [4.69, 9.17) is 17.3 Å². The molecule has 0 bridgehead atoms. The average Bonchev–Trinajstić information content (AvgIpc) is 2.15. The summed E-state index contributed by atoms with van der Waals surface area (Å²) in [5, 5.41) is 0.0108. The van der Waals surface area contributed by atoms with Crippen LogP contribution in [0.3, 0.4) is 0 Å². The molecule has 0 aliphatic heterocycles. The summed E-state index contributed by atoms with van der Waals surface area (Å²) in [5.41, 5.74) is 6.63. The van der Waals surface area contributed by atoms with E-state index in [0.717, 1.165) is 5.56 Å². The molecule has 0 saturated heterocycles. The van der Waals surface area contributed by atoms with Crippen molar-refractivity contribution >= 4 is 21.4 Å². The van der Waals surface area contributed by atoms with Crippen LogP contribution < -0.4 is 5.73 Å². The lowest BCUT2D eigenvalue weighted by molar-refractivity contribution is 0.571. The summed E-state index contributed by atoms with van der Waals surface area (Å²) in [5.74, 6) is 0. The monoisotopic (exact) mass is 247 g/mol. The Morgan fingerprint density at radius 3 is 2.13 bits per heavy atom. The van der Waals surface area contributed by atoms with Gasteiger partial charge in [0.05, 0.1) is 5.25 Å². The van der Waals surface area contributed by atoms with Gasteiger partial charge in [-0.3, -0.25) is 0 Å². The first-order valence-electron chi connectivity index (χ1n) is 4.52. The molecule has 0 amide bonds. The lowest BCUT2D eigenvalue weighted by Gasteiger charge is -2.18. The SMILES string of the molecule is C[C@@H]([C@@H](N)c1ccc(Cl)cc1)S(C)(=O)=O. The molecule has 3 nitrogen and oxygen atoms in total. The normalized spacial score (nSPS) is 16.0. The number of hydrogen-bond acceptors (Lipinski definition) is 3. The third kappa shape index (κ3) is 3.19. The van der Waals surface area contributed by atoms with E-state index in [1.807, 2.05) is 0 Å². The van der Waals surface area contributed by atoms with Crippen molar-refractivity contribution in [3.8, 4) is 0 Å². The van der Waals surface area contributed by atoms with Crippen molar-refractivity contribution in [1.82, 2.24) is 0 Å². The topological polar surface area (TPSA) is 60.2 Å². The van der Waals surface area contributed by atoms with E-state index in [0.29, 0.717) is 5.02 Å². The van der Waals surface area contributed by atoms with Crippen molar-refractivity contribution in [2.24, 2.45) is 5.73 Å². The minimum Gasteiger partial charge on any atom is -0.323 e. The van der Waals surface area contributed by atoms with E-state index >= 15 is 0 Å². The van der Waals surface area contributed by atoms with Crippen LogP contribution >= 0.6 is 11.6 Å². The largest absolute Gasteiger partial charge is 0.323 e. The van der Waals surface area contributed by atoms with Gasteiger partial charge in [-0.1, -0.05) is 23.7 Å². The summed E-state index contributed by atoms with van der Waals surface area (Å²) >= 11 is 5.73. The molecule has 1 rings (SSSR count). The Bertz CT molecular complexity index is 427. The summed E-state index contributed by atoms with van der Waals surface area (Å²) in [6.45, 7) is 1.61. The Hall–Kier alpha value is -0.580. The number of rotatable bonds is 3. The fourth-order valence-corrected chi connectivity index (χ4v) is 2.04. The van der Waals surface area contributed by atoms with Gasteiger partial charge in [-0.05, 0) is 24.6 Å². The fraction of sp³-hybridized carbons (Fsp3) is 0.400. The average molecular weight is 248 g/mol. The van der Waals surface area contributed by atoms with Gasteiger partial charge in [0.2, 0.25) is 0 Å². The molecule has 0 aliphatic rings. The molecular weight excluding hydrogens is 234 g/mol. The van der Waals surface area contributed by atoms with Gasteiger partial charge >= 0.3 is 0 Å². The number of halogens is 1. The summed E-state index contributed by atoms with van der Waals surface area (Å²) in [4.78, 5) is 0. The third-order valence-corrected chi connectivity index (χ3v) is 4.33. The van der Waals surface area contributed by atoms with E-state index in [-0.39, 0.29) is 0 Å². The summed E-state index contributed by atoms with van der Waals surface area (Å²) in [6, 6.07) is 6.37. The molecule has 0 aromatic heterocycles.